The number of hydrogen-bond acceptors (Lipinski definition) is 4. The van der Waals surface area contributed by atoms with Crippen molar-refractivity contribution in [3.05, 3.63) is 23.7 Å². The minimum Gasteiger partial charge on any atom is -0.465 e. The van der Waals surface area contributed by atoms with E-state index in [9.17, 15) is 4.79 Å². The second-order valence-electron chi connectivity index (χ2n) is 5.85. The van der Waals surface area contributed by atoms with E-state index in [2.05, 4.69) is 10.2 Å². The van der Waals surface area contributed by atoms with Gasteiger partial charge >= 0.3 is 0 Å². The van der Waals surface area contributed by atoms with Crippen LogP contribution >= 0.6 is 12.4 Å². The number of nitrogens with one attached hydrogen (secondary N) is 1. The summed E-state index contributed by atoms with van der Waals surface area (Å²) in [6.45, 7) is 6.65. The molecule has 0 aliphatic carbocycles. The summed E-state index contributed by atoms with van der Waals surface area (Å²) in [5, 5.41) is 2.99. The number of amides is 1. The number of nitrogens with zero attached hydrogens (tertiary/aromatic N) is 1. The summed E-state index contributed by atoms with van der Waals surface area (Å²) >= 11 is 0. The maximum absolute atomic E-state index is 12.0. The number of carbonyl (C=O) groups is 1. The van der Waals surface area contributed by atoms with Crippen LogP contribution in [0.15, 0.2) is 16.5 Å². The molecule has 5 nitrogen and oxygen atoms in total. The second kappa shape index (κ2) is 9.18. The first kappa shape index (κ1) is 19.0. The van der Waals surface area contributed by atoms with Crippen LogP contribution in [0.4, 0.5) is 0 Å². The lowest BCUT2D eigenvalue weighted by molar-refractivity contribution is -0.122. The first-order valence-corrected chi connectivity index (χ1v) is 7.95. The van der Waals surface area contributed by atoms with Crippen LogP contribution in [0.2, 0.25) is 0 Å². The summed E-state index contributed by atoms with van der Waals surface area (Å²) in [5.41, 5.74) is 5.86. The van der Waals surface area contributed by atoms with Crippen molar-refractivity contribution in [3.8, 4) is 0 Å². The number of likely N-dealkylation sites (tertiary alicyclic amines) is 1. The lowest BCUT2D eigenvalue weighted by Gasteiger charge is -2.26. The predicted octanol–water partition coefficient (Wildman–Crippen LogP) is 2.39. The quantitative estimate of drug-likeness (QED) is 0.805. The molecule has 1 amide bonds. The van der Waals surface area contributed by atoms with Crippen LogP contribution in [0.5, 0.6) is 0 Å². The van der Waals surface area contributed by atoms with Crippen LogP contribution in [0, 0.1) is 6.92 Å². The molecular formula is C16H28ClN3O2. The molecule has 1 aromatic heterocycles. The Balaban J connectivity index is 0.00000242. The smallest absolute Gasteiger partial charge is 0.236 e. The molecule has 2 unspecified atom stereocenters. The number of nitrogens with two attached hydrogens (primary N) is 1. The molecule has 1 saturated heterocycles. The molecule has 1 aromatic rings. The van der Waals surface area contributed by atoms with Gasteiger partial charge in [0.05, 0.1) is 12.1 Å². The molecule has 2 rings (SSSR count). The molecule has 2 heterocycles. The third kappa shape index (κ3) is 5.00. The molecule has 0 bridgehead atoms. The average molecular weight is 330 g/mol. The van der Waals surface area contributed by atoms with E-state index in [4.69, 9.17) is 10.2 Å². The summed E-state index contributed by atoms with van der Waals surface area (Å²) in [6, 6.07) is 3.69. The Labute approximate surface area is 139 Å². The minimum atomic E-state index is -0.410. The number of rotatable bonds is 7. The lowest BCUT2D eigenvalue weighted by Crippen LogP contribution is -2.44. The molecule has 1 aliphatic rings. The largest absolute Gasteiger partial charge is 0.465 e. The monoisotopic (exact) mass is 329 g/mol. The second-order valence-corrected chi connectivity index (χ2v) is 5.85. The maximum atomic E-state index is 12.0. The number of carbonyl (C=O) groups excluding carboxylic acids is 1. The highest BCUT2D eigenvalue weighted by Gasteiger charge is 2.26. The molecule has 0 radical (unpaired) electrons. The van der Waals surface area contributed by atoms with Gasteiger partial charge in [-0.2, -0.15) is 0 Å². The normalized spacial score (nSPS) is 17.8. The molecule has 0 aromatic carbocycles. The van der Waals surface area contributed by atoms with Crippen molar-refractivity contribution in [1.82, 2.24) is 10.2 Å². The molecule has 2 atom stereocenters. The van der Waals surface area contributed by atoms with Gasteiger partial charge in [-0.25, -0.2) is 0 Å². The molecular weight excluding hydrogens is 302 g/mol. The Bertz CT molecular complexity index is 458. The topological polar surface area (TPSA) is 71.5 Å². The van der Waals surface area contributed by atoms with Crippen molar-refractivity contribution in [2.75, 3.05) is 19.6 Å². The Hall–Kier alpha value is -1.04. The predicted molar refractivity (Wildman–Crippen MR) is 90.1 cm³/mol. The summed E-state index contributed by atoms with van der Waals surface area (Å²) in [5.74, 6) is 1.77. The molecule has 3 N–H and O–H groups in total. The highest BCUT2D eigenvalue weighted by molar-refractivity contribution is 5.85. The molecule has 22 heavy (non-hydrogen) atoms. The van der Waals surface area contributed by atoms with Crippen LogP contribution < -0.4 is 11.1 Å². The summed E-state index contributed by atoms with van der Waals surface area (Å²) in [7, 11) is 0. The first-order chi connectivity index (χ1) is 10.1. The van der Waals surface area contributed by atoms with Crippen molar-refractivity contribution in [3.63, 3.8) is 0 Å². The highest BCUT2D eigenvalue weighted by Crippen LogP contribution is 2.26. The molecule has 1 fully saturated rings. The zero-order valence-corrected chi connectivity index (χ0v) is 14.3. The molecule has 0 saturated carbocycles. The first-order valence-electron chi connectivity index (χ1n) is 7.95. The van der Waals surface area contributed by atoms with E-state index >= 15 is 0 Å². The molecule has 0 spiro atoms. The maximum Gasteiger partial charge on any atom is 0.236 e. The van der Waals surface area contributed by atoms with Crippen molar-refractivity contribution in [1.29, 1.82) is 0 Å². The van der Waals surface area contributed by atoms with Crippen LogP contribution in [0.25, 0.3) is 0 Å². The SMILES string of the molecule is CCCC(N)C(=O)NCC(c1ccc(C)o1)N1CCCC1.Cl. The zero-order valence-electron chi connectivity index (χ0n) is 13.5. The molecule has 126 valence electrons. The van der Waals surface area contributed by atoms with Gasteiger partial charge in [-0.3, -0.25) is 9.69 Å². The van der Waals surface area contributed by atoms with Gasteiger partial charge in [0.2, 0.25) is 5.91 Å². The average Bonchev–Trinajstić information content (AvgIpc) is 3.11. The van der Waals surface area contributed by atoms with Gasteiger partial charge in [-0.05, 0) is 51.4 Å². The Morgan fingerprint density at radius 3 is 2.64 bits per heavy atom. The van der Waals surface area contributed by atoms with Gasteiger partial charge in [-0.1, -0.05) is 13.3 Å². The van der Waals surface area contributed by atoms with Gasteiger partial charge in [-0.15, -0.1) is 12.4 Å². The minimum absolute atomic E-state index is 0. The van der Waals surface area contributed by atoms with E-state index in [0.717, 1.165) is 37.5 Å². The van der Waals surface area contributed by atoms with E-state index in [-0.39, 0.29) is 24.4 Å². The summed E-state index contributed by atoms with van der Waals surface area (Å²) in [4.78, 5) is 14.4. The summed E-state index contributed by atoms with van der Waals surface area (Å²) in [6.07, 6.45) is 4.06. The standard InChI is InChI=1S/C16H27N3O2.ClH/c1-3-6-13(17)16(20)18-11-14(19-9-4-5-10-19)15-8-7-12(2)21-15;/h7-8,13-14H,3-6,9-11,17H2,1-2H3,(H,18,20);1H. The van der Waals surface area contributed by atoms with Crippen molar-refractivity contribution >= 4 is 18.3 Å². The Morgan fingerprint density at radius 2 is 2.09 bits per heavy atom. The van der Waals surface area contributed by atoms with E-state index in [1.165, 1.54) is 12.8 Å². The van der Waals surface area contributed by atoms with Crippen LogP contribution in [-0.4, -0.2) is 36.5 Å². The van der Waals surface area contributed by atoms with E-state index in [0.29, 0.717) is 6.54 Å². The van der Waals surface area contributed by atoms with Crippen molar-refractivity contribution in [2.45, 2.75) is 51.6 Å². The van der Waals surface area contributed by atoms with Crippen LogP contribution in [0.3, 0.4) is 0 Å². The van der Waals surface area contributed by atoms with Gasteiger partial charge in [0.25, 0.3) is 0 Å². The third-order valence-corrected chi connectivity index (χ3v) is 4.08. The van der Waals surface area contributed by atoms with Gasteiger partial charge in [0.15, 0.2) is 0 Å². The zero-order chi connectivity index (χ0) is 15.2. The van der Waals surface area contributed by atoms with Gasteiger partial charge in [0.1, 0.15) is 11.5 Å². The van der Waals surface area contributed by atoms with E-state index < -0.39 is 6.04 Å². The summed E-state index contributed by atoms with van der Waals surface area (Å²) < 4.78 is 5.77. The van der Waals surface area contributed by atoms with E-state index in [1.54, 1.807) is 0 Å². The van der Waals surface area contributed by atoms with Crippen molar-refractivity contribution in [2.24, 2.45) is 5.73 Å². The highest BCUT2D eigenvalue weighted by atomic mass is 35.5. The van der Waals surface area contributed by atoms with Gasteiger partial charge < -0.3 is 15.5 Å². The number of aryl methyl sites for hydroxylation is 1. The van der Waals surface area contributed by atoms with Crippen molar-refractivity contribution < 1.29 is 9.21 Å². The number of halogens is 1. The van der Waals surface area contributed by atoms with Crippen LogP contribution in [0.1, 0.15) is 50.2 Å². The third-order valence-electron chi connectivity index (χ3n) is 4.08. The Morgan fingerprint density at radius 1 is 1.41 bits per heavy atom. The Kier molecular flexibility index (Phi) is 7.93. The van der Waals surface area contributed by atoms with E-state index in [1.807, 2.05) is 26.0 Å². The fraction of sp³-hybridized carbons (Fsp3) is 0.688. The van der Waals surface area contributed by atoms with Crippen LogP contribution in [-0.2, 0) is 4.79 Å². The fourth-order valence-electron chi connectivity index (χ4n) is 2.87. The molecule has 6 heteroatoms. The molecule has 1 aliphatic heterocycles. The number of hydrogen-bond donors (Lipinski definition) is 2. The van der Waals surface area contributed by atoms with Gasteiger partial charge in [0, 0.05) is 6.54 Å². The number of furan rings is 1. The lowest BCUT2D eigenvalue weighted by atomic mass is 10.1. The fourth-order valence-corrected chi connectivity index (χ4v) is 2.87.